The van der Waals surface area contributed by atoms with E-state index in [-0.39, 0.29) is 24.4 Å². The average Bonchev–Trinajstić information content (AvgIpc) is 2.37. The molecule has 0 saturated carbocycles. The fraction of sp³-hybridized carbons (Fsp3) is 0.500. The quantitative estimate of drug-likeness (QED) is 0.780. The second-order valence-electron chi connectivity index (χ2n) is 4.88. The average molecular weight is 337 g/mol. The highest BCUT2D eigenvalue weighted by Crippen LogP contribution is 2.23. The van der Waals surface area contributed by atoms with Gasteiger partial charge >= 0.3 is 0 Å². The van der Waals surface area contributed by atoms with Crippen LogP contribution in [0.5, 0.6) is 0 Å². The van der Waals surface area contributed by atoms with Crippen LogP contribution in [0.4, 0.5) is 0 Å². The van der Waals surface area contributed by atoms with Crippen molar-refractivity contribution in [1.82, 2.24) is 5.32 Å². The van der Waals surface area contributed by atoms with Crippen LogP contribution in [-0.2, 0) is 0 Å². The molecule has 0 saturated heterocycles. The topological polar surface area (TPSA) is 55.1 Å². The fourth-order valence-corrected chi connectivity index (χ4v) is 2.49. The van der Waals surface area contributed by atoms with Gasteiger partial charge in [0.1, 0.15) is 0 Å². The minimum absolute atomic E-state index is 0. The predicted octanol–water partition coefficient (Wildman–Crippen LogP) is 3.59. The lowest BCUT2D eigenvalue weighted by Crippen LogP contribution is -2.41. The predicted molar refractivity (Wildman–Crippen MR) is 90.2 cm³/mol. The molecule has 0 aliphatic carbocycles. The van der Waals surface area contributed by atoms with Crippen LogP contribution in [0.1, 0.15) is 30.6 Å². The summed E-state index contributed by atoms with van der Waals surface area (Å²) in [6.07, 6.45) is 2.83. The number of amides is 1. The van der Waals surface area contributed by atoms with Crippen LogP contribution < -0.4 is 11.1 Å². The van der Waals surface area contributed by atoms with Gasteiger partial charge in [0.25, 0.3) is 5.91 Å². The van der Waals surface area contributed by atoms with E-state index >= 15 is 0 Å². The lowest BCUT2D eigenvalue weighted by molar-refractivity contribution is 0.0933. The minimum Gasteiger partial charge on any atom is -0.348 e. The summed E-state index contributed by atoms with van der Waals surface area (Å²) in [5, 5.41) is 3.42. The lowest BCUT2D eigenvalue weighted by atomic mass is 10.0. The van der Waals surface area contributed by atoms with Gasteiger partial charge in [-0.05, 0) is 36.8 Å². The summed E-state index contributed by atoms with van der Waals surface area (Å²) < 4.78 is 0. The third kappa shape index (κ3) is 5.92. The molecule has 0 spiro atoms. The molecule has 0 bridgehead atoms. The SMILES string of the molecule is CSc1ccc(Cl)c(C(=O)NC(CN)CC(C)C)c1.Cl. The highest BCUT2D eigenvalue weighted by Gasteiger charge is 2.16. The van der Waals surface area contributed by atoms with Crippen LogP contribution in [-0.4, -0.2) is 24.7 Å². The fourth-order valence-electron chi connectivity index (χ4n) is 1.85. The normalized spacial score (nSPS) is 11.9. The van der Waals surface area contributed by atoms with Crippen molar-refractivity contribution < 1.29 is 4.79 Å². The summed E-state index contributed by atoms with van der Waals surface area (Å²) in [6.45, 7) is 4.65. The first-order chi connectivity index (χ1) is 8.97. The highest BCUT2D eigenvalue weighted by molar-refractivity contribution is 7.98. The number of halogens is 2. The van der Waals surface area contributed by atoms with E-state index in [1.807, 2.05) is 18.4 Å². The summed E-state index contributed by atoms with van der Waals surface area (Å²) in [6, 6.07) is 5.45. The van der Waals surface area contributed by atoms with Crippen molar-refractivity contribution in [2.45, 2.75) is 31.2 Å². The maximum atomic E-state index is 12.2. The molecule has 3 nitrogen and oxygen atoms in total. The molecule has 1 amide bonds. The molecule has 1 aromatic carbocycles. The van der Waals surface area contributed by atoms with E-state index in [0.29, 0.717) is 23.0 Å². The van der Waals surface area contributed by atoms with Crippen LogP contribution in [0.2, 0.25) is 5.02 Å². The van der Waals surface area contributed by atoms with Gasteiger partial charge in [0.05, 0.1) is 10.6 Å². The van der Waals surface area contributed by atoms with Gasteiger partial charge in [-0.1, -0.05) is 25.4 Å². The van der Waals surface area contributed by atoms with Crippen molar-refractivity contribution in [3.05, 3.63) is 28.8 Å². The van der Waals surface area contributed by atoms with Gasteiger partial charge < -0.3 is 11.1 Å². The van der Waals surface area contributed by atoms with E-state index in [1.165, 1.54) is 0 Å². The zero-order valence-electron chi connectivity index (χ0n) is 12.0. The molecular formula is C14H22Cl2N2OS. The Labute approximate surface area is 136 Å². The molecular weight excluding hydrogens is 315 g/mol. The van der Waals surface area contributed by atoms with Crippen molar-refractivity contribution in [1.29, 1.82) is 0 Å². The van der Waals surface area contributed by atoms with Crippen molar-refractivity contribution in [2.75, 3.05) is 12.8 Å². The minimum atomic E-state index is -0.156. The van der Waals surface area contributed by atoms with Crippen LogP contribution in [0.3, 0.4) is 0 Å². The first-order valence-corrected chi connectivity index (χ1v) is 7.92. The molecule has 1 unspecified atom stereocenters. The van der Waals surface area contributed by atoms with Gasteiger partial charge in [-0.15, -0.1) is 24.2 Å². The van der Waals surface area contributed by atoms with Crippen LogP contribution in [0.25, 0.3) is 0 Å². The Kier molecular flexibility index (Phi) is 9.30. The maximum absolute atomic E-state index is 12.2. The summed E-state index contributed by atoms with van der Waals surface area (Å²) in [5.74, 6) is 0.332. The van der Waals surface area contributed by atoms with Gasteiger partial charge in [0.2, 0.25) is 0 Å². The largest absolute Gasteiger partial charge is 0.348 e. The Morgan fingerprint density at radius 2 is 2.10 bits per heavy atom. The first-order valence-electron chi connectivity index (χ1n) is 6.32. The van der Waals surface area contributed by atoms with E-state index < -0.39 is 0 Å². The summed E-state index contributed by atoms with van der Waals surface area (Å²) >= 11 is 7.66. The smallest absolute Gasteiger partial charge is 0.253 e. The molecule has 1 aromatic rings. The molecule has 0 heterocycles. The number of hydrogen-bond acceptors (Lipinski definition) is 3. The third-order valence-electron chi connectivity index (χ3n) is 2.79. The van der Waals surface area contributed by atoms with Crippen molar-refractivity contribution >= 4 is 41.7 Å². The van der Waals surface area contributed by atoms with Crippen molar-refractivity contribution in [3.8, 4) is 0 Å². The zero-order valence-corrected chi connectivity index (χ0v) is 14.4. The molecule has 0 aliphatic rings. The van der Waals surface area contributed by atoms with Gasteiger partial charge in [-0.25, -0.2) is 0 Å². The summed E-state index contributed by atoms with van der Waals surface area (Å²) in [5.41, 5.74) is 6.20. The number of nitrogens with one attached hydrogen (secondary N) is 1. The Balaban J connectivity index is 0.00000361. The first kappa shape index (κ1) is 19.6. The van der Waals surface area contributed by atoms with Crippen LogP contribution in [0.15, 0.2) is 23.1 Å². The maximum Gasteiger partial charge on any atom is 0.253 e. The second kappa shape index (κ2) is 9.50. The highest BCUT2D eigenvalue weighted by atomic mass is 35.5. The van der Waals surface area contributed by atoms with Gasteiger partial charge in [0.15, 0.2) is 0 Å². The molecule has 1 atom stereocenters. The summed E-state index contributed by atoms with van der Waals surface area (Å²) in [4.78, 5) is 13.2. The molecule has 0 radical (unpaired) electrons. The molecule has 3 N–H and O–H groups in total. The second-order valence-corrected chi connectivity index (χ2v) is 6.17. The molecule has 0 fully saturated rings. The number of rotatable bonds is 6. The van der Waals surface area contributed by atoms with Gasteiger partial charge in [-0.2, -0.15) is 0 Å². The number of nitrogens with two attached hydrogens (primary N) is 1. The Morgan fingerprint density at radius 3 is 2.60 bits per heavy atom. The molecule has 6 heteroatoms. The third-order valence-corrected chi connectivity index (χ3v) is 3.85. The van der Waals surface area contributed by atoms with E-state index in [0.717, 1.165) is 11.3 Å². The van der Waals surface area contributed by atoms with Crippen molar-refractivity contribution in [3.63, 3.8) is 0 Å². The summed E-state index contributed by atoms with van der Waals surface area (Å²) in [7, 11) is 0. The van der Waals surface area contributed by atoms with E-state index in [4.69, 9.17) is 17.3 Å². The van der Waals surface area contributed by atoms with E-state index in [1.54, 1.807) is 17.8 Å². The molecule has 20 heavy (non-hydrogen) atoms. The molecule has 0 aliphatic heterocycles. The zero-order chi connectivity index (χ0) is 14.4. The number of hydrogen-bond donors (Lipinski definition) is 2. The van der Waals surface area contributed by atoms with Crippen LogP contribution >= 0.6 is 35.8 Å². The molecule has 1 rings (SSSR count). The number of carbonyl (C=O) groups is 1. The van der Waals surface area contributed by atoms with E-state index in [2.05, 4.69) is 19.2 Å². The Hall–Kier alpha value is -0.420. The number of benzene rings is 1. The Morgan fingerprint density at radius 1 is 1.45 bits per heavy atom. The Bertz CT molecular complexity index is 441. The molecule has 0 aromatic heterocycles. The lowest BCUT2D eigenvalue weighted by Gasteiger charge is -2.19. The standard InChI is InChI=1S/C14H21ClN2OS.ClH/c1-9(2)6-10(8-16)17-14(18)12-7-11(19-3)4-5-13(12)15;/h4-5,7,9-10H,6,8,16H2,1-3H3,(H,17,18);1H. The molecule has 114 valence electrons. The number of thioether (sulfide) groups is 1. The number of carbonyl (C=O) groups excluding carboxylic acids is 1. The van der Waals surface area contributed by atoms with Gasteiger partial charge in [-0.3, -0.25) is 4.79 Å². The van der Waals surface area contributed by atoms with Gasteiger partial charge in [0, 0.05) is 17.5 Å². The van der Waals surface area contributed by atoms with Crippen LogP contribution in [0, 0.1) is 5.92 Å². The van der Waals surface area contributed by atoms with Crippen molar-refractivity contribution in [2.24, 2.45) is 11.7 Å². The monoisotopic (exact) mass is 336 g/mol. The van der Waals surface area contributed by atoms with E-state index in [9.17, 15) is 4.79 Å².